The van der Waals surface area contributed by atoms with Gasteiger partial charge in [0.05, 0.1) is 30.3 Å². The average Bonchev–Trinajstić information content (AvgIpc) is 3.17. The number of H-pyrrole nitrogens is 1. The van der Waals surface area contributed by atoms with Crippen molar-refractivity contribution in [1.82, 2.24) is 30.1 Å². The highest BCUT2D eigenvalue weighted by molar-refractivity contribution is 7.92. The molecule has 0 aliphatic carbocycles. The molecule has 0 fully saturated rings. The van der Waals surface area contributed by atoms with Crippen molar-refractivity contribution < 1.29 is 21.9 Å². The average molecular weight is 484 g/mol. The fourth-order valence-corrected chi connectivity index (χ4v) is 3.06. The zero-order valence-corrected chi connectivity index (χ0v) is 19.0. The zero-order valence-electron chi connectivity index (χ0n) is 18.2. The molecular formula is C18H23F2N9O3S. The molecule has 0 saturated heterocycles. The number of nitrogens with zero attached hydrogens (tertiary/aromatic N) is 5. The number of ether oxygens (including phenoxy) is 1. The van der Waals surface area contributed by atoms with Crippen molar-refractivity contribution >= 4 is 33.4 Å². The molecule has 33 heavy (non-hydrogen) atoms. The van der Waals surface area contributed by atoms with E-state index in [4.69, 9.17) is 4.74 Å². The Morgan fingerprint density at radius 3 is 2.42 bits per heavy atom. The Hall–Kier alpha value is -3.62. The second kappa shape index (κ2) is 9.89. The van der Waals surface area contributed by atoms with Crippen LogP contribution in [0.15, 0.2) is 18.5 Å². The third-order valence-corrected chi connectivity index (χ3v) is 5.28. The summed E-state index contributed by atoms with van der Waals surface area (Å²) in [6.07, 6.45) is 1.86. The lowest BCUT2D eigenvalue weighted by molar-refractivity contribution is 0.232. The topological polar surface area (TPSA) is 160 Å². The van der Waals surface area contributed by atoms with Crippen LogP contribution in [0.2, 0.25) is 0 Å². The van der Waals surface area contributed by atoms with Crippen LogP contribution >= 0.6 is 0 Å². The minimum atomic E-state index is -3.84. The van der Waals surface area contributed by atoms with Crippen LogP contribution in [-0.2, 0) is 10.0 Å². The van der Waals surface area contributed by atoms with Gasteiger partial charge in [-0.3, -0.25) is 9.82 Å². The van der Waals surface area contributed by atoms with Crippen LogP contribution in [0.1, 0.15) is 39.6 Å². The van der Waals surface area contributed by atoms with E-state index in [1.165, 1.54) is 13.0 Å². The van der Waals surface area contributed by atoms with Crippen molar-refractivity contribution in [3.63, 3.8) is 0 Å². The molecule has 0 amide bonds. The highest BCUT2D eigenvalue weighted by Gasteiger charge is 2.21. The van der Waals surface area contributed by atoms with Crippen molar-refractivity contribution in [3.05, 3.63) is 35.9 Å². The van der Waals surface area contributed by atoms with Gasteiger partial charge in [0.15, 0.2) is 17.5 Å². The van der Waals surface area contributed by atoms with Crippen LogP contribution in [0.3, 0.4) is 0 Å². The van der Waals surface area contributed by atoms with E-state index < -0.39 is 33.5 Å². The molecule has 1 unspecified atom stereocenters. The Balaban J connectivity index is 1.93. The lowest BCUT2D eigenvalue weighted by Gasteiger charge is -2.16. The maximum absolute atomic E-state index is 15.1. The van der Waals surface area contributed by atoms with Crippen molar-refractivity contribution in [2.45, 2.75) is 39.8 Å². The van der Waals surface area contributed by atoms with Gasteiger partial charge >= 0.3 is 0 Å². The smallest absolute Gasteiger partial charge is 0.234 e. The number of aromatic amines is 1. The molecule has 178 valence electrons. The Labute approximate surface area is 188 Å². The fraction of sp³-hybridized carbons (Fsp3) is 0.389. The molecule has 3 aromatic heterocycles. The van der Waals surface area contributed by atoms with Crippen LogP contribution in [0, 0.1) is 11.6 Å². The number of hydrogen-bond acceptors (Lipinski definition) is 10. The Bertz CT molecular complexity index is 1200. The van der Waals surface area contributed by atoms with Gasteiger partial charge < -0.3 is 15.4 Å². The van der Waals surface area contributed by atoms with Crippen molar-refractivity contribution in [1.29, 1.82) is 0 Å². The van der Waals surface area contributed by atoms with E-state index in [2.05, 4.69) is 45.5 Å². The Morgan fingerprint density at radius 2 is 1.79 bits per heavy atom. The normalized spacial score (nSPS) is 12.5. The molecule has 0 aromatic carbocycles. The zero-order chi connectivity index (χ0) is 24.2. The molecule has 0 spiro atoms. The largest absolute Gasteiger partial charge is 0.474 e. The molecule has 1 atom stereocenters. The molecule has 3 heterocycles. The van der Waals surface area contributed by atoms with E-state index in [0.717, 1.165) is 12.4 Å². The summed E-state index contributed by atoms with van der Waals surface area (Å²) in [4.78, 5) is 15.7. The van der Waals surface area contributed by atoms with E-state index in [-0.39, 0.29) is 41.1 Å². The number of sulfonamides is 1. The predicted molar refractivity (Wildman–Crippen MR) is 117 cm³/mol. The lowest BCUT2D eigenvalue weighted by Crippen LogP contribution is -2.19. The standard InChI is InChI=1S/C18H23F2N9O3S/c1-5-33(30,31)29-17-14(20)16(24-12-6-13(28-27-12)32-9(2)3)25-18(26-17)23-10(4)15-21-7-11(19)8-22-15/h6-10H,5H2,1-4H3,(H4,23,24,25,26,27,28,29). The summed E-state index contributed by atoms with van der Waals surface area (Å²) in [7, 11) is -3.84. The van der Waals surface area contributed by atoms with Crippen LogP contribution in [-0.4, -0.2) is 50.4 Å². The molecule has 0 aliphatic rings. The monoisotopic (exact) mass is 483 g/mol. The van der Waals surface area contributed by atoms with Gasteiger partial charge in [0, 0.05) is 6.07 Å². The van der Waals surface area contributed by atoms with Crippen molar-refractivity contribution in [2.24, 2.45) is 0 Å². The second-order valence-electron chi connectivity index (χ2n) is 7.10. The summed E-state index contributed by atoms with van der Waals surface area (Å²) in [5, 5.41) is 12.1. The molecule has 0 bridgehead atoms. The summed E-state index contributed by atoms with van der Waals surface area (Å²) < 4.78 is 59.7. The lowest BCUT2D eigenvalue weighted by atomic mass is 10.3. The van der Waals surface area contributed by atoms with Gasteiger partial charge in [-0.2, -0.15) is 14.4 Å². The first kappa shape index (κ1) is 24.0. The SMILES string of the molecule is CCS(=O)(=O)Nc1nc(NC(C)c2ncc(F)cn2)nc(Nc2cc(OC(C)C)n[nH]2)c1F. The van der Waals surface area contributed by atoms with Crippen LogP contribution in [0.4, 0.5) is 32.2 Å². The number of rotatable bonds is 10. The minimum absolute atomic E-state index is 0.127. The minimum Gasteiger partial charge on any atom is -0.474 e. The quantitative estimate of drug-likeness (QED) is 0.338. The highest BCUT2D eigenvalue weighted by Crippen LogP contribution is 2.27. The predicted octanol–water partition coefficient (Wildman–Crippen LogP) is 2.73. The number of anilines is 4. The van der Waals surface area contributed by atoms with E-state index in [1.807, 2.05) is 13.8 Å². The van der Waals surface area contributed by atoms with Crippen LogP contribution < -0.4 is 20.1 Å². The molecule has 3 aromatic rings. The molecule has 0 aliphatic heterocycles. The highest BCUT2D eigenvalue weighted by atomic mass is 32.2. The van der Waals surface area contributed by atoms with Gasteiger partial charge in [0.1, 0.15) is 11.6 Å². The summed E-state index contributed by atoms with van der Waals surface area (Å²) in [6, 6.07) is 0.872. The van der Waals surface area contributed by atoms with Gasteiger partial charge in [-0.05, 0) is 27.7 Å². The van der Waals surface area contributed by atoms with Gasteiger partial charge in [-0.1, -0.05) is 0 Å². The first-order valence-corrected chi connectivity index (χ1v) is 11.5. The molecule has 12 nitrogen and oxygen atoms in total. The second-order valence-corrected chi connectivity index (χ2v) is 9.11. The summed E-state index contributed by atoms with van der Waals surface area (Å²) in [5.74, 6) is -2.24. The van der Waals surface area contributed by atoms with E-state index >= 15 is 4.39 Å². The maximum Gasteiger partial charge on any atom is 0.234 e. The molecule has 0 saturated carbocycles. The van der Waals surface area contributed by atoms with Crippen molar-refractivity contribution in [3.8, 4) is 5.88 Å². The summed E-state index contributed by atoms with van der Waals surface area (Å²) in [5.41, 5.74) is 0. The number of halogens is 2. The third-order valence-electron chi connectivity index (χ3n) is 4.02. The van der Waals surface area contributed by atoms with Gasteiger partial charge in [0.25, 0.3) is 0 Å². The molecular weight excluding hydrogens is 460 g/mol. The first-order valence-electron chi connectivity index (χ1n) is 9.87. The van der Waals surface area contributed by atoms with E-state index in [9.17, 15) is 12.8 Å². The maximum atomic E-state index is 15.1. The van der Waals surface area contributed by atoms with Gasteiger partial charge in [-0.25, -0.2) is 22.8 Å². The van der Waals surface area contributed by atoms with Gasteiger partial charge in [-0.15, -0.1) is 5.10 Å². The third kappa shape index (κ3) is 6.44. The Morgan fingerprint density at radius 1 is 1.12 bits per heavy atom. The summed E-state index contributed by atoms with van der Waals surface area (Å²) >= 11 is 0. The number of aromatic nitrogens is 6. The van der Waals surface area contributed by atoms with E-state index in [1.54, 1.807) is 6.92 Å². The van der Waals surface area contributed by atoms with Gasteiger partial charge in [0.2, 0.25) is 27.7 Å². The fourth-order valence-electron chi connectivity index (χ4n) is 2.48. The van der Waals surface area contributed by atoms with Crippen LogP contribution in [0.5, 0.6) is 5.88 Å². The molecule has 0 radical (unpaired) electrons. The first-order chi connectivity index (χ1) is 15.6. The molecule has 4 N–H and O–H groups in total. The molecule has 3 rings (SSSR count). The Kier molecular flexibility index (Phi) is 7.20. The number of hydrogen-bond donors (Lipinski definition) is 4. The molecule has 15 heteroatoms. The van der Waals surface area contributed by atoms with Crippen molar-refractivity contribution in [2.75, 3.05) is 21.1 Å². The summed E-state index contributed by atoms with van der Waals surface area (Å²) in [6.45, 7) is 6.69. The van der Waals surface area contributed by atoms with E-state index in [0.29, 0.717) is 0 Å². The number of nitrogens with one attached hydrogen (secondary N) is 4. The van der Waals surface area contributed by atoms with Crippen LogP contribution in [0.25, 0.3) is 0 Å².